The molecule has 0 N–H and O–H groups in total. The van der Waals surface area contributed by atoms with Crippen LogP contribution in [0.2, 0.25) is 0 Å². The summed E-state index contributed by atoms with van der Waals surface area (Å²) in [6.45, 7) is 0.520. The van der Waals surface area contributed by atoms with Gasteiger partial charge in [0, 0.05) is 12.4 Å². The van der Waals surface area contributed by atoms with Gasteiger partial charge in [0.25, 0.3) is 0 Å². The van der Waals surface area contributed by atoms with Crippen LogP contribution in [0.1, 0.15) is 12.8 Å². The number of carbonyl (C=O) groups excluding carboxylic acids is 1. The molecule has 0 saturated heterocycles. The number of ether oxygens (including phenoxy) is 1. The predicted molar refractivity (Wildman–Crippen MR) is 52.7 cm³/mol. The number of carbonyl (C=O) groups is 1. The van der Waals surface area contributed by atoms with Crippen LogP contribution in [0.15, 0.2) is 29.5 Å². The highest BCUT2D eigenvalue weighted by Crippen LogP contribution is 2.28. The third kappa shape index (κ3) is 2.45. The number of rotatable bonds is 2. The Morgan fingerprint density at radius 3 is 3.07 bits per heavy atom. The second-order valence-electron chi connectivity index (χ2n) is 3.36. The molecule has 1 amide bonds. The van der Waals surface area contributed by atoms with Crippen molar-refractivity contribution in [2.75, 3.05) is 6.61 Å². The molecule has 4 nitrogen and oxygen atoms in total. The summed E-state index contributed by atoms with van der Waals surface area (Å²) < 4.78 is 5.06. The molecular formula is C10H12N2O2. The first-order valence-electron chi connectivity index (χ1n) is 4.70. The molecule has 0 spiro atoms. The maximum Gasteiger partial charge on any atom is 0.434 e. The van der Waals surface area contributed by atoms with Crippen molar-refractivity contribution in [3.05, 3.63) is 24.4 Å². The lowest BCUT2D eigenvalue weighted by atomic mass is 10.5. The van der Waals surface area contributed by atoms with Crippen molar-refractivity contribution >= 4 is 12.3 Å². The Labute approximate surface area is 82.5 Å². The lowest BCUT2D eigenvalue weighted by Gasteiger charge is -2.10. The van der Waals surface area contributed by atoms with E-state index in [4.69, 9.17) is 4.74 Å². The van der Waals surface area contributed by atoms with Gasteiger partial charge < -0.3 is 4.74 Å². The van der Waals surface area contributed by atoms with Gasteiger partial charge in [0.1, 0.15) is 0 Å². The van der Waals surface area contributed by atoms with E-state index in [-0.39, 0.29) is 0 Å². The standard InChI is InChI=1S/C10H12N2O2/c13-10(14-8-9-4-5-9)12-7-3-1-2-6-11-12/h1-3,6-7,9H,4-5,8H2. The molecule has 4 heteroatoms. The van der Waals surface area contributed by atoms with E-state index in [0.717, 1.165) is 0 Å². The molecule has 0 atom stereocenters. The van der Waals surface area contributed by atoms with E-state index in [1.807, 2.05) is 0 Å². The van der Waals surface area contributed by atoms with Crippen molar-refractivity contribution < 1.29 is 9.53 Å². The molecule has 2 rings (SSSR count). The summed E-state index contributed by atoms with van der Waals surface area (Å²) >= 11 is 0. The Bertz CT molecular complexity index is 287. The van der Waals surface area contributed by atoms with Crippen LogP contribution >= 0.6 is 0 Å². The summed E-state index contributed by atoms with van der Waals surface area (Å²) in [6.07, 6.45) is 10.4. The number of allylic oxidation sites excluding steroid dienone is 3. The molecule has 74 valence electrons. The van der Waals surface area contributed by atoms with Gasteiger partial charge in [-0.25, -0.2) is 4.79 Å². The van der Waals surface area contributed by atoms with E-state index in [1.54, 1.807) is 30.6 Å². The Kier molecular flexibility index (Phi) is 2.62. The van der Waals surface area contributed by atoms with Crippen LogP contribution in [0, 0.1) is 5.92 Å². The van der Waals surface area contributed by atoms with Gasteiger partial charge in [-0.1, -0.05) is 6.08 Å². The number of amides is 1. The maximum atomic E-state index is 11.4. The van der Waals surface area contributed by atoms with E-state index in [9.17, 15) is 4.79 Å². The van der Waals surface area contributed by atoms with E-state index in [0.29, 0.717) is 12.5 Å². The molecule has 2 aliphatic rings. The average Bonchev–Trinajstić information content (AvgIpc) is 3.01. The number of nitrogens with zero attached hydrogens (tertiary/aromatic N) is 2. The van der Waals surface area contributed by atoms with Crippen LogP contribution in [-0.4, -0.2) is 23.9 Å². The molecule has 0 aromatic heterocycles. The number of hydrogen-bond acceptors (Lipinski definition) is 3. The first kappa shape index (κ1) is 8.99. The molecule has 0 radical (unpaired) electrons. The molecule has 0 unspecified atom stereocenters. The molecule has 14 heavy (non-hydrogen) atoms. The minimum atomic E-state index is -0.409. The Balaban J connectivity index is 1.83. The molecule has 1 aliphatic heterocycles. The maximum absolute atomic E-state index is 11.4. The third-order valence-electron chi connectivity index (χ3n) is 2.05. The summed E-state index contributed by atoms with van der Waals surface area (Å²) in [5, 5.41) is 5.08. The highest BCUT2D eigenvalue weighted by Gasteiger charge is 2.24. The molecule has 0 bridgehead atoms. The predicted octanol–water partition coefficient (Wildman–Crippen LogP) is 1.90. The van der Waals surface area contributed by atoms with E-state index >= 15 is 0 Å². The molecular weight excluding hydrogens is 180 g/mol. The Morgan fingerprint density at radius 1 is 1.43 bits per heavy atom. The lowest BCUT2D eigenvalue weighted by Crippen LogP contribution is -2.22. The van der Waals surface area contributed by atoms with Crippen LogP contribution < -0.4 is 0 Å². The van der Waals surface area contributed by atoms with Gasteiger partial charge in [-0.15, -0.1) is 0 Å². The smallest absolute Gasteiger partial charge is 0.434 e. The fraction of sp³-hybridized carbons (Fsp3) is 0.400. The Morgan fingerprint density at radius 2 is 2.29 bits per heavy atom. The van der Waals surface area contributed by atoms with Crippen LogP contribution in [0.4, 0.5) is 4.79 Å². The van der Waals surface area contributed by atoms with Crippen molar-refractivity contribution in [3.63, 3.8) is 0 Å². The minimum absolute atomic E-state index is 0.409. The fourth-order valence-corrected chi connectivity index (χ4v) is 1.04. The molecule has 1 heterocycles. The zero-order valence-corrected chi connectivity index (χ0v) is 7.80. The first-order valence-corrected chi connectivity index (χ1v) is 4.70. The summed E-state index contributed by atoms with van der Waals surface area (Å²) in [5.74, 6) is 0.581. The van der Waals surface area contributed by atoms with Crippen LogP contribution in [0.25, 0.3) is 0 Å². The van der Waals surface area contributed by atoms with Gasteiger partial charge in [0.2, 0.25) is 0 Å². The van der Waals surface area contributed by atoms with Gasteiger partial charge in [-0.2, -0.15) is 10.1 Å². The summed E-state index contributed by atoms with van der Waals surface area (Å²) in [7, 11) is 0. The normalized spacial score (nSPS) is 19.6. The largest absolute Gasteiger partial charge is 0.448 e. The SMILES string of the molecule is O=C(OCC1CC1)N1C=CC=CC=N1. The van der Waals surface area contributed by atoms with Crippen molar-refractivity contribution in [2.24, 2.45) is 11.0 Å². The van der Waals surface area contributed by atoms with Crippen LogP contribution in [-0.2, 0) is 4.74 Å². The van der Waals surface area contributed by atoms with Gasteiger partial charge in [-0.05, 0) is 30.9 Å². The van der Waals surface area contributed by atoms with Crippen LogP contribution in [0.5, 0.6) is 0 Å². The molecule has 1 aliphatic carbocycles. The van der Waals surface area contributed by atoms with Crippen LogP contribution in [0.3, 0.4) is 0 Å². The van der Waals surface area contributed by atoms with Crippen molar-refractivity contribution in [1.82, 2.24) is 5.01 Å². The zero-order valence-electron chi connectivity index (χ0n) is 7.80. The highest BCUT2D eigenvalue weighted by molar-refractivity contribution is 5.76. The van der Waals surface area contributed by atoms with Crippen molar-refractivity contribution in [1.29, 1.82) is 0 Å². The summed E-state index contributed by atoms with van der Waals surface area (Å²) in [4.78, 5) is 11.4. The lowest BCUT2D eigenvalue weighted by molar-refractivity contribution is 0.113. The topological polar surface area (TPSA) is 41.9 Å². The monoisotopic (exact) mass is 192 g/mol. The average molecular weight is 192 g/mol. The quantitative estimate of drug-likeness (QED) is 0.670. The van der Waals surface area contributed by atoms with Crippen molar-refractivity contribution in [3.8, 4) is 0 Å². The molecule has 1 fully saturated rings. The van der Waals surface area contributed by atoms with Gasteiger partial charge in [0.15, 0.2) is 0 Å². The van der Waals surface area contributed by atoms with Gasteiger partial charge in [0.05, 0.1) is 6.61 Å². The minimum Gasteiger partial charge on any atom is -0.448 e. The van der Waals surface area contributed by atoms with Gasteiger partial charge in [-0.3, -0.25) is 0 Å². The van der Waals surface area contributed by atoms with Crippen molar-refractivity contribution in [2.45, 2.75) is 12.8 Å². The highest BCUT2D eigenvalue weighted by atomic mass is 16.6. The van der Waals surface area contributed by atoms with E-state index < -0.39 is 6.09 Å². The molecule has 0 aromatic carbocycles. The second-order valence-corrected chi connectivity index (χ2v) is 3.36. The number of hydrazone groups is 1. The summed E-state index contributed by atoms with van der Waals surface area (Å²) in [6, 6.07) is 0. The second kappa shape index (κ2) is 4.09. The van der Waals surface area contributed by atoms with E-state index in [2.05, 4.69) is 5.10 Å². The van der Waals surface area contributed by atoms with Gasteiger partial charge >= 0.3 is 6.09 Å². The molecule has 1 saturated carbocycles. The zero-order chi connectivity index (χ0) is 9.80. The Hall–Kier alpha value is -1.58. The fourth-order valence-electron chi connectivity index (χ4n) is 1.04. The first-order chi connectivity index (χ1) is 6.86. The third-order valence-corrected chi connectivity index (χ3v) is 2.05. The summed E-state index contributed by atoms with van der Waals surface area (Å²) in [5.41, 5.74) is 0. The van der Waals surface area contributed by atoms with E-state index in [1.165, 1.54) is 17.9 Å². The number of hydrogen-bond donors (Lipinski definition) is 0. The molecule has 0 aromatic rings.